The Kier molecular flexibility index (Phi) is 4.48. The molecule has 20 heavy (non-hydrogen) atoms. The number of para-hydroxylation sites is 2. The topological polar surface area (TPSA) is 58.6 Å². The van der Waals surface area contributed by atoms with Crippen LogP contribution in [0.3, 0.4) is 0 Å². The first-order chi connectivity index (χ1) is 9.61. The van der Waals surface area contributed by atoms with Gasteiger partial charge in [0, 0.05) is 5.02 Å². The SMILES string of the molecule is COc1ccccc1NC(C(=O)O)c1cccc(Cl)c1. The first-order valence-electron chi connectivity index (χ1n) is 5.99. The van der Waals surface area contributed by atoms with Gasteiger partial charge in [0.25, 0.3) is 0 Å². The van der Waals surface area contributed by atoms with Crippen LogP contribution in [0, 0.1) is 0 Å². The molecule has 2 aromatic carbocycles. The molecule has 1 atom stereocenters. The second kappa shape index (κ2) is 6.30. The Morgan fingerprint density at radius 1 is 1.25 bits per heavy atom. The monoisotopic (exact) mass is 291 g/mol. The summed E-state index contributed by atoms with van der Waals surface area (Å²) in [5.41, 5.74) is 1.19. The van der Waals surface area contributed by atoms with Gasteiger partial charge < -0.3 is 15.2 Å². The molecule has 0 heterocycles. The van der Waals surface area contributed by atoms with Crippen molar-refractivity contribution in [2.45, 2.75) is 6.04 Å². The third-order valence-electron chi connectivity index (χ3n) is 2.84. The molecule has 0 aliphatic carbocycles. The minimum absolute atomic E-state index is 0.496. The van der Waals surface area contributed by atoms with E-state index in [1.807, 2.05) is 12.1 Å². The minimum atomic E-state index is -0.988. The molecule has 2 aromatic rings. The molecule has 0 saturated carbocycles. The van der Waals surface area contributed by atoms with Crippen LogP contribution in [0.25, 0.3) is 0 Å². The van der Waals surface area contributed by atoms with Gasteiger partial charge in [0.2, 0.25) is 0 Å². The highest BCUT2D eigenvalue weighted by Crippen LogP contribution is 2.28. The van der Waals surface area contributed by atoms with Gasteiger partial charge in [-0.3, -0.25) is 0 Å². The van der Waals surface area contributed by atoms with Crippen LogP contribution in [0.4, 0.5) is 5.69 Å². The van der Waals surface area contributed by atoms with Gasteiger partial charge in [-0.15, -0.1) is 0 Å². The second-order valence-corrected chi connectivity index (χ2v) is 4.61. The Morgan fingerprint density at radius 3 is 2.65 bits per heavy atom. The molecule has 0 fully saturated rings. The smallest absolute Gasteiger partial charge is 0.330 e. The third kappa shape index (κ3) is 3.22. The number of aliphatic carboxylic acids is 1. The Bertz CT molecular complexity index is 616. The average molecular weight is 292 g/mol. The molecular weight excluding hydrogens is 278 g/mol. The van der Waals surface area contributed by atoms with E-state index in [-0.39, 0.29) is 0 Å². The predicted octanol–water partition coefficient (Wildman–Crippen LogP) is 3.59. The van der Waals surface area contributed by atoms with E-state index in [0.29, 0.717) is 22.0 Å². The van der Waals surface area contributed by atoms with Gasteiger partial charge in [-0.05, 0) is 29.8 Å². The molecule has 0 spiro atoms. The molecular formula is C15H14ClNO3. The highest BCUT2D eigenvalue weighted by molar-refractivity contribution is 6.30. The third-order valence-corrected chi connectivity index (χ3v) is 3.07. The van der Waals surface area contributed by atoms with Crippen molar-refractivity contribution in [3.8, 4) is 5.75 Å². The Balaban J connectivity index is 2.33. The maximum Gasteiger partial charge on any atom is 0.330 e. The van der Waals surface area contributed by atoms with Crippen molar-refractivity contribution in [3.05, 3.63) is 59.1 Å². The lowest BCUT2D eigenvalue weighted by Crippen LogP contribution is -2.20. The quantitative estimate of drug-likeness (QED) is 0.884. The maximum absolute atomic E-state index is 11.5. The van der Waals surface area contributed by atoms with Crippen molar-refractivity contribution >= 4 is 23.3 Å². The van der Waals surface area contributed by atoms with Crippen molar-refractivity contribution in [2.24, 2.45) is 0 Å². The molecule has 5 heteroatoms. The highest BCUT2D eigenvalue weighted by atomic mass is 35.5. The van der Waals surface area contributed by atoms with Crippen LogP contribution in [0.5, 0.6) is 5.75 Å². The number of ether oxygens (including phenoxy) is 1. The summed E-state index contributed by atoms with van der Waals surface area (Å²) in [6, 6.07) is 13.0. The lowest BCUT2D eigenvalue weighted by molar-refractivity contribution is -0.138. The first kappa shape index (κ1) is 14.2. The maximum atomic E-state index is 11.5. The van der Waals surface area contributed by atoms with Gasteiger partial charge in [0.1, 0.15) is 5.75 Å². The van der Waals surface area contributed by atoms with Crippen molar-refractivity contribution in [2.75, 3.05) is 12.4 Å². The van der Waals surface area contributed by atoms with Crippen LogP contribution in [-0.4, -0.2) is 18.2 Å². The number of rotatable bonds is 5. The zero-order valence-corrected chi connectivity index (χ0v) is 11.6. The van der Waals surface area contributed by atoms with Gasteiger partial charge >= 0.3 is 5.97 Å². The zero-order valence-electron chi connectivity index (χ0n) is 10.8. The largest absolute Gasteiger partial charge is 0.495 e. The highest BCUT2D eigenvalue weighted by Gasteiger charge is 2.21. The molecule has 2 rings (SSSR count). The number of anilines is 1. The van der Waals surface area contributed by atoms with Crippen LogP contribution in [0.2, 0.25) is 5.02 Å². The van der Waals surface area contributed by atoms with Crippen LogP contribution < -0.4 is 10.1 Å². The van der Waals surface area contributed by atoms with E-state index in [2.05, 4.69) is 5.32 Å². The van der Waals surface area contributed by atoms with Gasteiger partial charge in [0.15, 0.2) is 6.04 Å². The van der Waals surface area contributed by atoms with E-state index < -0.39 is 12.0 Å². The van der Waals surface area contributed by atoms with Gasteiger partial charge in [-0.25, -0.2) is 4.79 Å². The Labute approximate surface area is 122 Å². The minimum Gasteiger partial charge on any atom is -0.495 e. The molecule has 0 radical (unpaired) electrons. The normalized spacial score (nSPS) is 11.7. The van der Waals surface area contributed by atoms with Crippen LogP contribution in [-0.2, 0) is 4.79 Å². The summed E-state index contributed by atoms with van der Waals surface area (Å²) in [5, 5.41) is 12.9. The molecule has 1 unspecified atom stereocenters. The van der Waals surface area contributed by atoms with E-state index in [1.54, 1.807) is 36.4 Å². The van der Waals surface area contributed by atoms with Crippen LogP contribution in [0.1, 0.15) is 11.6 Å². The lowest BCUT2D eigenvalue weighted by Gasteiger charge is -2.18. The number of carboxylic acids is 1. The number of nitrogens with one attached hydrogen (secondary N) is 1. The van der Waals surface area contributed by atoms with E-state index in [9.17, 15) is 9.90 Å². The zero-order chi connectivity index (χ0) is 14.5. The Hall–Kier alpha value is -2.20. The predicted molar refractivity (Wildman–Crippen MR) is 78.4 cm³/mol. The van der Waals surface area contributed by atoms with E-state index >= 15 is 0 Å². The summed E-state index contributed by atoms with van der Waals surface area (Å²) in [6.07, 6.45) is 0. The van der Waals surface area contributed by atoms with Crippen LogP contribution >= 0.6 is 11.6 Å². The fourth-order valence-corrected chi connectivity index (χ4v) is 2.09. The summed E-state index contributed by atoms with van der Waals surface area (Å²) >= 11 is 5.91. The molecule has 0 aliphatic rings. The fraction of sp³-hybridized carbons (Fsp3) is 0.133. The summed E-state index contributed by atoms with van der Waals surface area (Å²) in [4.78, 5) is 11.5. The summed E-state index contributed by atoms with van der Waals surface area (Å²) < 4.78 is 5.20. The first-order valence-corrected chi connectivity index (χ1v) is 6.37. The number of hydrogen-bond donors (Lipinski definition) is 2. The number of methoxy groups -OCH3 is 1. The molecule has 2 N–H and O–H groups in total. The van der Waals surface area contributed by atoms with E-state index in [4.69, 9.17) is 16.3 Å². The molecule has 0 aromatic heterocycles. The summed E-state index contributed by atoms with van der Waals surface area (Å²) in [6.45, 7) is 0. The van der Waals surface area contributed by atoms with Crippen molar-refractivity contribution in [3.63, 3.8) is 0 Å². The molecule has 0 saturated heterocycles. The summed E-state index contributed by atoms with van der Waals surface area (Å²) in [5.74, 6) is -0.404. The fourth-order valence-electron chi connectivity index (χ4n) is 1.89. The molecule has 0 amide bonds. The van der Waals surface area contributed by atoms with Gasteiger partial charge in [-0.2, -0.15) is 0 Å². The lowest BCUT2D eigenvalue weighted by atomic mass is 10.1. The van der Waals surface area contributed by atoms with Crippen molar-refractivity contribution in [1.29, 1.82) is 0 Å². The number of benzene rings is 2. The molecule has 104 valence electrons. The van der Waals surface area contributed by atoms with E-state index in [1.165, 1.54) is 7.11 Å². The molecule has 4 nitrogen and oxygen atoms in total. The number of carboxylic acid groups (broad SMARTS) is 1. The summed E-state index contributed by atoms with van der Waals surface area (Å²) in [7, 11) is 1.54. The number of carbonyl (C=O) groups is 1. The van der Waals surface area contributed by atoms with Crippen LogP contribution in [0.15, 0.2) is 48.5 Å². The van der Waals surface area contributed by atoms with Gasteiger partial charge in [-0.1, -0.05) is 35.9 Å². The second-order valence-electron chi connectivity index (χ2n) is 4.17. The van der Waals surface area contributed by atoms with E-state index in [0.717, 1.165) is 0 Å². The number of hydrogen-bond acceptors (Lipinski definition) is 3. The van der Waals surface area contributed by atoms with Gasteiger partial charge in [0.05, 0.1) is 12.8 Å². The molecule has 0 bridgehead atoms. The number of halogens is 1. The molecule has 0 aliphatic heterocycles. The average Bonchev–Trinajstić information content (AvgIpc) is 2.44. The standard InChI is InChI=1S/C15H14ClNO3/c1-20-13-8-3-2-7-12(13)17-14(15(18)19)10-5-4-6-11(16)9-10/h2-9,14,17H,1H3,(H,18,19). The van der Waals surface area contributed by atoms with Crippen molar-refractivity contribution in [1.82, 2.24) is 0 Å². The Morgan fingerprint density at radius 2 is 2.00 bits per heavy atom. The van der Waals surface area contributed by atoms with Crippen molar-refractivity contribution < 1.29 is 14.6 Å².